The van der Waals surface area contributed by atoms with Gasteiger partial charge < -0.3 is 4.74 Å². The molecule has 1 aliphatic rings. The van der Waals surface area contributed by atoms with Gasteiger partial charge in [0, 0.05) is 6.42 Å². The zero-order chi connectivity index (χ0) is 9.03. The summed E-state index contributed by atoms with van der Waals surface area (Å²) in [6.07, 6.45) is 2.11. The number of alkyl halides is 3. The quantitative estimate of drug-likeness (QED) is 0.683. The van der Waals surface area contributed by atoms with E-state index in [9.17, 15) is 0 Å². The van der Waals surface area contributed by atoms with Gasteiger partial charge in [0.2, 0.25) is 0 Å². The fourth-order valence-electron chi connectivity index (χ4n) is 0.971. The topological polar surface area (TPSA) is 21.6 Å². The molecule has 0 spiro atoms. The van der Waals surface area contributed by atoms with Crippen molar-refractivity contribution in [2.75, 3.05) is 13.2 Å². The van der Waals surface area contributed by atoms with Crippen LogP contribution in [0, 0.1) is 0 Å². The van der Waals surface area contributed by atoms with Crippen LogP contribution in [-0.4, -0.2) is 22.8 Å². The van der Waals surface area contributed by atoms with Crippen molar-refractivity contribution in [3.8, 4) is 0 Å². The van der Waals surface area contributed by atoms with Crippen LogP contribution >= 0.6 is 34.8 Å². The molecule has 0 radical (unpaired) electrons. The molecule has 0 bridgehead atoms. The Morgan fingerprint density at radius 2 is 2.17 bits per heavy atom. The van der Waals surface area contributed by atoms with Crippen LogP contribution in [0.25, 0.3) is 0 Å². The molecule has 1 rings (SSSR count). The Morgan fingerprint density at radius 3 is 2.67 bits per heavy atom. The first-order valence-electron chi connectivity index (χ1n) is 3.81. The highest BCUT2D eigenvalue weighted by atomic mass is 35.6. The lowest BCUT2D eigenvalue weighted by Crippen LogP contribution is -2.04. The molecule has 0 atom stereocenters. The molecule has 1 heterocycles. The summed E-state index contributed by atoms with van der Waals surface area (Å²) in [5, 5.41) is 0. The number of hydrogen-bond acceptors (Lipinski definition) is 2. The van der Waals surface area contributed by atoms with E-state index >= 15 is 0 Å². The molecule has 0 unspecified atom stereocenters. The van der Waals surface area contributed by atoms with Crippen molar-refractivity contribution in [2.24, 2.45) is 4.99 Å². The summed E-state index contributed by atoms with van der Waals surface area (Å²) >= 11 is 16.7. The first kappa shape index (κ1) is 10.4. The summed E-state index contributed by atoms with van der Waals surface area (Å²) < 4.78 is 4.05. The molecule has 0 aromatic heterocycles. The molecule has 0 N–H and O–H groups in total. The average molecular weight is 231 g/mol. The van der Waals surface area contributed by atoms with Crippen molar-refractivity contribution in [3.05, 3.63) is 0 Å². The van der Waals surface area contributed by atoms with Crippen molar-refractivity contribution in [1.29, 1.82) is 0 Å². The van der Waals surface area contributed by atoms with Crippen LogP contribution in [0.5, 0.6) is 0 Å². The van der Waals surface area contributed by atoms with Gasteiger partial charge in [0.1, 0.15) is 6.61 Å². The Kier molecular flexibility index (Phi) is 3.94. The first-order chi connectivity index (χ1) is 5.58. The molecule has 0 saturated carbocycles. The second kappa shape index (κ2) is 4.54. The summed E-state index contributed by atoms with van der Waals surface area (Å²) in [7, 11) is 0. The van der Waals surface area contributed by atoms with Crippen molar-refractivity contribution < 1.29 is 4.74 Å². The number of nitrogens with zero attached hydrogens (tertiary/aromatic N) is 1. The molecule has 12 heavy (non-hydrogen) atoms. The van der Waals surface area contributed by atoms with E-state index in [1.54, 1.807) is 0 Å². The van der Waals surface area contributed by atoms with Gasteiger partial charge in [0.05, 0.1) is 6.54 Å². The molecule has 70 valence electrons. The lowest BCUT2D eigenvalue weighted by atomic mass is 10.2. The summed E-state index contributed by atoms with van der Waals surface area (Å²) in [5.74, 6) is 0.796. The fraction of sp³-hybridized carbons (Fsp3) is 0.857. The van der Waals surface area contributed by atoms with Crippen molar-refractivity contribution in [2.45, 2.75) is 23.1 Å². The lowest BCUT2D eigenvalue weighted by Gasteiger charge is -2.09. The van der Waals surface area contributed by atoms with Crippen LogP contribution in [0.1, 0.15) is 19.3 Å². The van der Waals surface area contributed by atoms with Gasteiger partial charge in [-0.05, 0) is 12.8 Å². The number of rotatable bonds is 3. The molecule has 0 aromatic carbocycles. The Balaban J connectivity index is 2.10. The van der Waals surface area contributed by atoms with E-state index in [1.165, 1.54) is 0 Å². The molecular weight excluding hydrogens is 220 g/mol. The van der Waals surface area contributed by atoms with Gasteiger partial charge >= 0.3 is 0 Å². The smallest absolute Gasteiger partial charge is 0.190 e. The lowest BCUT2D eigenvalue weighted by molar-refractivity contribution is 0.337. The molecule has 0 fully saturated rings. The van der Waals surface area contributed by atoms with Gasteiger partial charge in [-0.2, -0.15) is 0 Å². The van der Waals surface area contributed by atoms with Gasteiger partial charge in [0.25, 0.3) is 0 Å². The van der Waals surface area contributed by atoms with Crippen molar-refractivity contribution >= 4 is 40.7 Å². The molecular formula is C7H10Cl3NO. The zero-order valence-corrected chi connectivity index (χ0v) is 8.79. The predicted molar refractivity (Wildman–Crippen MR) is 52.4 cm³/mol. The van der Waals surface area contributed by atoms with Crippen molar-refractivity contribution in [3.63, 3.8) is 0 Å². The highest BCUT2D eigenvalue weighted by molar-refractivity contribution is 6.67. The zero-order valence-electron chi connectivity index (χ0n) is 6.52. The molecule has 0 aliphatic carbocycles. The van der Waals surface area contributed by atoms with E-state index in [4.69, 9.17) is 39.5 Å². The normalized spacial score (nSPS) is 17.4. The van der Waals surface area contributed by atoms with E-state index < -0.39 is 3.79 Å². The third kappa shape index (κ3) is 4.39. The Bertz CT molecular complexity index is 176. The molecule has 1 aliphatic heterocycles. The minimum absolute atomic E-state index is 0.542. The highest BCUT2D eigenvalue weighted by Crippen LogP contribution is 2.31. The predicted octanol–water partition coefficient (Wildman–Crippen LogP) is 2.96. The maximum atomic E-state index is 5.57. The number of ether oxygens (including phenoxy) is 1. The standard InChI is InChI=1S/C7H10Cl3NO/c8-7(9,10)3-1-2-6-11-4-5-12-6/h1-5H2. The largest absolute Gasteiger partial charge is 0.479 e. The fourth-order valence-corrected chi connectivity index (χ4v) is 1.37. The van der Waals surface area contributed by atoms with Crippen LogP contribution < -0.4 is 0 Å². The maximum absolute atomic E-state index is 5.57. The van der Waals surface area contributed by atoms with Gasteiger partial charge in [-0.15, -0.1) is 0 Å². The Hall–Kier alpha value is 0.340. The summed E-state index contributed by atoms with van der Waals surface area (Å²) in [5.41, 5.74) is 0. The van der Waals surface area contributed by atoms with E-state index in [1.807, 2.05) is 0 Å². The summed E-state index contributed by atoms with van der Waals surface area (Å²) in [6, 6.07) is 0. The highest BCUT2D eigenvalue weighted by Gasteiger charge is 2.19. The maximum Gasteiger partial charge on any atom is 0.190 e. The van der Waals surface area contributed by atoms with E-state index in [2.05, 4.69) is 4.99 Å². The third-order valence-electron chi connectivity index (χ3n) is 1.50. The van der Waals surface area contributed by atoms with Gasteiger partial charge in [-0.1, -0.05) is 34.8 Å². The summed E-state index contributed by atoms with van der Waals surface area (Å²) in [6.45, 7) is 1.46. The molecule has 5 heteroatoms. The second-order valence-corrected chi connectivity index (χ2v) is 5.11. The average Bonchev–Trinajstić information content (AvgIpc) is 2.36. The van der Waals surface area contributed by atoms with Crippen LogP contribution in [-0.2, 0) is 4.74 Å². The summed E-state index contributed by atoms with van der Waals surface area (Å²) in [4.78, 5) is 4.12. The molecule has 0 amide bonds. The van der Waals surface area contributed by atoms with Crippen LogP contribution in [0.15, 0.2) is 4.99 Å². The molecule has 0 aromatic rings. The minimum atomic E-state index is -1.14. The monoisotopic (exact) mass is 229 g/mol. The van der Waals surface area contributed by atoms with Gasteiger partial charge in [-0.25, -0.2) is 0 Å². The van der Waals surface area contributed by atoms with E-state index in [-0.39, 0.29) is 0 Å². The number of aliphatic imine (C=N–C) groups is 1. The van der Waals surface area contributed by atoms with Crippen LogP contribution in [0.3, 0.4) is 0 Å². The van der Waals surface area contributed by atoms with E-state index in [0.29, 0.717) is 13.0 Å². The van der Waals surface area contributed by atoms with E-state index in [0.717, 1.165) is 25.3 Å². The Morgan fingerprint density at radius 1 is 1.42 bits per heavy atom. The van der Waals surface area contributed by atoms with Gasteiger partial charge in [-0.3, -0.25) is 4.99 Å². The molecule has 2 nitrogen and oxygen atoms in total. The Labute approximate surface area is 86.8 Å². The van der Waals surface area contributed by atoms with Crippen LogP contribution in [0.2, 0.25) is 0 Å². The van der Waals surface area contributed by atoms with Gasteiger partial charge in [0.15, 0.2) is 9.69 Å². The minimum Gasteiger partial charge on any atom is -0.479 e. The van der Waals surface area contributed by atoms with Crippen LogP contribution in [0.4, 0.5) is 0 Å². The first-order valence-corrected chi connectivity index (χ1v) is 4.94. The number of hydrogen-bond donors (Lipinski definition) is 0. The third-order valence-corrected chi connectivity index (χ3v) is 2.07. The SMILES string of the molecule is ClC(Cl)(Cl)CCCC1=NCCO1. The second-order valence-electron chi connectivity index (χ2n) is 2.59. The van der Waals surface area contributed by atoms with Crippen molar-refractivity contribution in [1.82, 2.24) is 0 Å². The number of halogens is 3. The molecule has 0 saturated heterocycles.